The number of rotatable bonds is 4. The number of hydrogen-bond donors (Lipinski definition) is 1. The maximum Gasteiger partial charge on any atom is 0.131 e. The number of aryl methyl sites for hydroxylation is 2. The Morgan fingerprint density at radius 3 is 2.79 bits per heavy atom. The van der Waals surface area contributed by atoms with Crippen molar-refractivity contribution in [1.29, 1.82) is 0 Å². The van der Waals surface area contributed by atoms with Gasteiger partial charge in [0.2, 0.25) is 0 Å². The highest BCUT2D eigenvalue weighted by Crippen LogP contribution is 2.30. The van der Waals surface area contributed by atoms with E-state index in [-0.39, 0.29) is 11.9 Å². The van der Waals surface area contributed by atoms with Gasteiger partial charge in [-0.2, -0.15) is 5.10 Å². The van der Waals surface area contributed by atoms with Crippen LogP contribution in [-0.4, -0.2) is 16.3 Å². The third-order valence-corrected chi connectivity index (χ3v) is 3.44. The maximum atomic E-state index is 14.3. The zero-order chi connectivity index (χ0) is 14.0. The fourth-order valence-corrected chi connectivity index (χ4v) is 2.47. The molecule has 1 N–H and O–H groups in total. The molecule has 1 heterocycles. The molecule has 0 fully saturated rings. The maximum absolute atomic E-state index is 14.3. The summed E-state index contributed by atoms with van der Waals surface area (Å²) in [5, 5.41) is 7.92. The van der Waals surface area contributed by atoms with Gasteiger partial charge < -0.3 is 5.32 Å². The number of halogens is 2. The van der Waals surface area contributed by atoms with Crippen LogP contribution in [-0.2, 0) is 7.05 Å². The van der Waals surface area contributed by atoms with Crippen LogP contribution in [0.5, 0.6) is 0 Å². The van der Waals surface area contributed by atoms with Crippen LogP contribution in [0.25, 0.3) is 0 Å². The van der Waals surface area contributed by atoms with Gasteiger partial charge in [0.25, 0.3) is 0 Å². The van der Waals surface area contributed by atoms with E-state index >= 15 is 0 Å². The van der Waals surface area contributed by atoms with Gasteiger partial charge in [0, 0.05) is 12.6 Å². The van der Waals surface area contributed by atoms with Crippen molar-refractivity contribution in [2.24, 2.45) is 7.05 Å². The van der Waals surface area contributed by atoms with Crippen LogP contribution in [0.15, 0.2) is 24.4 Å². The van der Waals surface area contributed by atoms with Gasteiger partial charge in [-0.15, -0.1) is 0 Å². The fraction of sp³-hybridized carbons (Fsp3) is 0.357. The van der Waals surface area contributed by atoms with Gasteiger partial charge >= 0.3 is 0 Å². The predicted molar refractivity (Wildman–Crippen MR) is 74.9 cm³/mol. The first-order valence-corrected chi connectivity index (χ1v) is 6.59. The molecule has 1 aromatic heterocycles. The second-order valence-corrected chi connectivity index (χ2v) is 4.88. The molecule has 0 bridgehead atoms. The molecule has 1 atom stereocenters. The molecule has 0 saturated heterocycles. The monoisotopic (exact) mass is 281 g/mol. The van der Waals surface area contributed by atoms with Gasteiger partial charge in [-0.1, -0.05) is 36.7 Å². The number of nitrogens with zero attached hydrogens (tertiary/aromatic N) is 2. The molecule has 1 unspecified atom stereocenters. The van der Waals surface area contributed by atoms with Gasteiger partial charge in [-0.25, -0.2) is 4.39 Å². The Kier molecular flexibility index (Phi) is 4.22. The quantitative estimate of drug-likeness (QED) is 0.932. The van der Waals surface area contributed by atoms with Crippen LogP contribution in [0.1, 0.15) is 29.8 Å². The van der Waals surface area contributed by atoms with Crippen molar-refractivity contribution in [3.63, 3.8) is 0 Å². The normalized spacial score (nSPS) is 12.7. The zero-order valence-electron chi connectivity index (χ0n) is 11.2. The van der Waals surface area contributed by atoms with E-state index in [1.807, 2.05) is 13.0 Å². The predicted octanol–water partition coefficient (Wildman–Crippen LogP) is 3.22. The molecule has 2 aromatic rings. The van der Waals surface area contributed by atoms with Gasteiger partial charge in [0.1, 0.15) is 5.82 Å². The second-order valence-electron chi connectivity index (χ2n) is 4.47. The minimum absolute atomic E-state index is 0.203. The first-order valence-electron chi connectivity index (χ1n) is 6.22. The average molecular weight is 282 g/mol. The van der Waals surface area contributed by atoms with Crippen molar-refractivity contribution >= 4 is 11.6 Å². The molecule has 0 radical (unpaired) electrons. The summed E-state index contributed by atoms with van der Waals surface area (Å²) < 4.78 is 16.0. The van der Waals surface area contributed by atoms with Crippen LogP contribution in [0.2, 0.25) is 5.02 Å². The van der Waals surface area contributed by atoms with Crippen LogP contribution >= 0.6 is 11.6 Å². The lowest BCUT2D eigenvalue weighted by atomic mass is 10.0. The topological polar surface area (TPSA) is 29.9 Å². The lowest BCUT2D eigenvalue weighted by Crippen LogP contribution is -2.25. The highest BCUT2D eigenvalue weighted by Gasteiger charge is 2.23. The van der Waals surface area contributed by atoms with E-state index in [1.54, 1.807) is 37.0 Å². The Bertz CT molecular complexity index is 561. The third kappa shape index (κ3) is 2.65. The number of nitrogens with one attached hydrogen (secondary N) is 1. The zero-order valence-corrected chi connectivity index (χ0v) is 12.0. The SMILES string of the molecule is CCNC(c1cccc(C)c1F)c1c(Cl)cnn1C. The largest absolute Gasteiger partial charge is 0.305 e. The van der Waals surface area contributed by atoms with Crippen LogP contribution in [0.4, 0.5) is 4.39 Å². The molecule has 0 saturated carbocycles. The van der Waals surface area contributed by atoms with E-state index in [2.05, 4.69) is 10.4 Å². The first-order chi connectivity index (χ1) is 9.06. The summed E-state index contributed by atoms with van der Waals surface area (Å²) in [6, 6.07) is 5.08. The van der Waals surface area contributed by atoms with Gasteiger partial charge in [-0.3, -0.25) is 4.68 Å². The third-order valence-electron chi connectivity index (χ3n) is 3.15. The van der Waals surface area contributed by atoms with E-state index in [4.69, 9.17) is 11.6 Å². The Morgan fingerprint density at radius 1 is 1.47 bits per heavy atom. The Hall–Kier alpha value is -1.39. The highest BCUT2D eigenvalue weighted by atomic mass is 35.5. The molecule has 2 rings (SSSR count). The molecular formula is C14H17ClFN3. The van der Waals surface area contributed by atoms with Crippen LogP contribution in [0, 0.1) is 12.7 Å². The molecular weight excluding hydrogens is 265 g/mol. The van der Waals surface area contributed by atoms with E-state index in [1.165, 1.54) is 0 Å². The molecule has 102 valence electrons. The summed E-state index contributed by atoms with van der Waals surface area (Å²) >= 11 is 6.17. The lowest BCUT2D eigenvalue weighted by Gasteiger charge is -2.20. The molecule has 5 heteroatoms. The van der Waals surface area contributed by atoms with Gasteiger partial charge in [0.15, 0.2) is 0 Å². The number of hydrogen-bond acceptors (Lipinski definition) is 2. The average Bonchev–Trinajstić information content (AvgIpc) is 2.70. The van der Waals surface area contributed by atoms with Crippen molar-refractivity contribution in [2.75, 3.05) is 6.54 Å². The minimum Gasteiger partial charge on any atom is -0.305 e. The summed E-state index contributed by atoms with van der Waals surface area (Å²) in [4.78, 5) is 0. The number of benzene rings is 1. The molecule has 0 amide bonds. The second kappa shape index (κ2) is 5.72. The summed E-state index contributed by atoms with van der Waals surface area (Å²) in [6.07, 6.45) is 1.58. The van der Waals surface area contributed by atoms with Crippen molar-refractivity contribution < 1.29 is 4.39 Å². The van der Waals surface area contributed by atoms with Crippen molar-refractivity contribution in [1.82, 2.24) is 15.1 Å². The van der Waals surface area contributed by atoms with Crippen molar-refractivity contribution in [3.8, 4) is 0 Å². The molecule has 0 aliphatic rings. The van der Waals surface area contributed by atoms with Crippen LogP contribution < -0.4 is 5.32 Å². The first kappa shape index (κ1) is 14.0. The molecule has 3 nitrogen and oxygen atoms in total. The van der Waals surface area contributed by atoms with Crippen LogP contribution in [0.3, 0.4) is 0 Å². The lowest BCUT2D eigenvalue weighted by molar-refractivity contribution is 0.528. The Labute approximate surface area is 117 Å². The standard InChI is InChI=1S/C14H17ClFN3/c1-4-17-13(14-11(15)8-18-19(14)3)10-7-5-6-9(2)12(10)16/h5-8,13,17H,4H2,1-3H3. The number of aromatic nitrogens is 2. The summed E-state index contributed by atoms with van der Waals surface area (Å²) in [7, 11) is 1.80. The van der Waals surface area contributed by atoms with E-state index in [0.29, 0.717) is 22.7 Å². The summed E-state index contributed by atoms with van der Waals surface area (Å²) in [5.41, 5.74) is 1.99. The molecule has 0 spiro atoms. The summed E-state index contributed by atoms with van der Waals surface area (Å²) in [6.45, 7) is 4.44. The Balaban J connectivity index is 2.55. The molecule has 1 aromatic carbocycles. The molecule has 19 heavy (non-hydrogen) atoms. The fourth-order valence-electron chi connectivity index (χ4n) is 2.20. The van der Waals surface area contributed by atoms with E-state index in [9.17, 15) is 4.39 Å². The smallest absolute Gasteiger partial charge is 0.131 e. The molecule has 0 aliphatic carbocycles. The summed E-state index contributed by atoms with van der Waals surface area (Å²) in [5.74, 6) is -0.203. The van der Waals surface area contributed by atoms with Crippen molar-refractivity contribution in [3.05, 3.63) is 52.1 Å². The van der Waals surface area contributed by atoms with Gasteiger partial charge in [-0.05, 0) is 19.0 Å². The molecule has 0 aliphatic heterocycles. The van der Waals surface area contributed by atoms with E-state index in [0.717, 1.165) is 5.69 Å². The van der Waals surface area contributed by atoms with Gasteiger partial charge in [0.05, 0.1) is 23.0 Å². The van der Waals surface area contributed by atoms with Crippen molar-refractivity contribution in [2.45, 2.75) is 19.9 Å². The minimum atomic E-state index is -0.301. The van der Waals surface area contributed by atoms with E-state index < -0.39 is 0 Å². The highest BCUT2D eigenvalue weighted by molar-refractivity contribution is 6.31. The Morgan fingerprint density at radius 2 is 2.21 bits per heavy atom.